The van der Waals surface area contributed by atoms with Gasteiger partial charge in [0.2, 0.25) is 0 Å². The van der Waals surface area contributed by atoms with E-state index >= 15 is 0 Å². The molecule has 0 aliphatic rings. The Morgan fingerprint density at radius 3 is 1.76 bits per heavy atom. The third-order valence-corrected chi connectivity index (χ3v) is 3.58. The van der Waals surface area contributed by atoms with E-state index in [1.807, 2.05) is 20.8 Å². The smallest absolute Gasteiger partial charge is 0.323 e. The van der Waals surface area contributed by atoms with Gasteiger partial charge in [0.25, 0.3) is 0 Å². The van der Waals surface area contributed by atoms with Crippen LogP contribution < -0.4 is 5.73 Å². The van der Waals surface area contributed by atoms with Gasteiger partial charge >= 0.3 is 5.97 Å². The molecule has 0 fully saturated rings. The molecule has 0 heterocycles. The molecule has 3 heteroatoms. The topological polar surface area (TPSA) is 52.3 Å². The maximum atomic E-state index is 11.7. The lowest BCUT2D eigenvalue weighted by Crippen LogP contribution is -2.37. The zero-order chi connectivity index (χ0) is 16.1. The monoisotopic (exact) mass is 299 g/mol. The zero-order valence-electron chi connectivity index (χ0n) is 14.7. The summed E-state index contributed by atoms with van der Waals surface area (Å²) in [5.74, 6) is -0.265. The van der Waals surface area contributed by atoms with Gasteiger partial charge in [-0.15, -0.1) is 0 Å². The van der Waals surface area contributed by atoms with E-state index in [1.165, 1.54) is 57.8 Å². The van der Waals surface area contributed by atoms with Crippen molar-refractivity contribution in [1.29, 1.82) is 0 Å². The molecule has 0 rings (SSSR count). The van der Waals surface area contributed by atoms with Crippen LogP contribution in [0.3, 0.4) is 0 Å². The Labute approximate surface area is 132 Å². The maximum Gasteiger partial charge on any atom is 0.323 e. The van der Waals surface area contributed by atoms with E-state index in [0.29, 0.717) is 0 Å². The van der Waals surface area contributed by atoms with Gasteiger partial charge in [-0.2, -0.15) is 0 Å². The van der Waals surface area contributed by atoms with Crippen LogP contribution in [0.4, 0.5) is 0 Å². The summed E-state index contributed by atoms with van der Waals surface area (Å²) in [6.07, 6.45) is 13.7. The molecule has 3 nitrogen and oxygen atoms in total. The Morgan fingerprint density at radius 1 is 0.905 bits per heavy atom. The van der Waals surface area contributed by atoms with Crippen LogP contribution in [0.25, 0.3) is 0 Å². The van der Waals surface area contributed by atoms with Crippen LogP contribution in [0, 0.1) is 0 Å². The highest BCUT2D eigenvalue weighted by molar-refractivity contribution is 5.75. The number of hydrogen-bond acceptors (Lipinski definition) is 3. The number of carbonyl (C=O) groups excluding carboxylic acids is 1. The van der Waals surface area contributed by atoms with Gasteiger partial charge in [-0.1, -0.05) is 71.1 Å². The highest BCUT2D eigenvalue weighted by Crippen LogP contribution is 2.13. The molecule has 1 atom stereocenters. The minimum absolute atomic E-state index is 0.265. The van der Waals surface area contributed by atoms with E-state index in [0.717, 1.165) is 12.8 Å². The molecule has 21 heavy (non-hydrogen) atoms. The summed E-state index contributed by atoms with van der Waals surface area (Å²) >= 11 is 0. The van der Waals surface area contributed by atoms with E-state index in [-0.39, 0.29) is 5.97 Å². The van der Waals surface area contributed by atoms with Gasteiger partial charge in [0.05, 0.1) is 0 Å². The molecule has 0 amide bonds. The second kappa shape index (κ2) is 12.0. The van der Waals surface area contributed by atoms with E-state index in [1.54, 1.807) is 0 Å². The number of ether oxygens (including phenoxy) is 1. The Balaban J connectivity index is 3.40. The van der Waals surface area contributed by atoms with Crippen molar-refractivity contribution in [3.05, 3.63) is 0 Å². The van der Waals surface area contributed by atoms with Crippen molar-refractivity contribution in [1.82, 2.24) is 0 Å². The van der Waals surface area contributed by atoms with Gasteiger partial charge in [0, 0.05) is 0 Å². The van der Waals surface area contributed by atoms with Gasteiger partial charge in [0.15, 0.2) is 0 Å². The third kappa shape index (κ3) is 14.1. The summed E-state index contributed by atoms with van der Waals surface area (Å²) in [6.45, 7) is 7.87. The second-order valence-electron chi connectivity index (χ2n) is 7.11. The largest absolute Gasteiger partial charge is 0.459 e. The molecule has 0 saturated heterocycles. The Bertz CT molecular complexity index is 258. The first-order chi connectivity index (χ1) is 9.87. The molecule has 0 saturated carbocycles. The van der Waals surface area contributed by atoms with Gasteiger partial charge in [0.1, 0.15) is 11.6 Å². The van der Waals surface area contributed by atoms with Gasteiger partial charge in [-0.3, -0.25) is 4.79 Å². The maximum absolute atomic E-state index is 11.7. The molecule has 0 aromatic rings. The summed E-state index contributed by atoms with van der Waals surface area (Å²) in [5.41, 5.74) is 5.42. The number of hydrogen-bond donors (Lipinski definition) is 1. The van der Waals surface area contributed by atoms with Crippen LogP contribution in [0.2, 0.25) is 0 Å². The zero-order valence-corrected chi connectivity index (χ0v) is 14.7. The molecule has 0 aromatic carbocycles. The summed E-state index contributed by atoms with van der Waals surface area (Å²) in [6, 6.07) is -0.460. The lowest BCUT2D eigenvalue weighted by atomic mass is 10.0. The average molecular weight is 299 g/mol. The predicted octanol–water partition coefficient (Wildman–Crippen LogP) is 4.97. The van der Waals surface area contributed by atoms with E-state index in [2.05, 4.69) is 6.92 Å². The second-order valence-corrected chi connectivity index (χ2v) is 7.11. The molecule has 126 valence electrons. The molecule has 0 bridgehead atoms. The van der Waals surface area contributed by atoms with Crippen molar-refractivity contribution in [2.45, 2.75) is 110 Å². The Morgan fingerprint density at radius 2 is 1.33 bits per heavy atom. The molecule has 0 aliphatic carbocycles. The summed E-state index contributed by atoms with van der Waals surface area (Å²) in [4.78, 5) is 11.7. The van der Waals surface area contributed by atoms with Crippen molar-refractivity contribution in [3.8, 4) is 0 Å². The minimum Gasteiger partial charge on any atom is -0.459 e. The SMILES string of the molecule is CCCCCCCCCCCC[C@@H](N)C(=O)OC(C)(C)C. The van der Waals surface area contributed by atoms with Gasteiger partial charge < -0.3 is 10.5 Å². The quantitative estimate of drug-likeness (QED) is 0.409. The van der Waals surface area contributed by atoms with Crippen molar-refractivity contribution in [2.75, 3.05) is 0 Å². The van der Waals surface area contributed by atoms with Crippen LogP contribution in [-0.4, -0.2) is 17.6 Å². The molecule has 0 aromatic heterocycles. The predicted molar refractivity (Wildman–Crippen MR) is 90.3 cm³/mol. The summed E-state index contributed by atoms with van der Waals surface area (Å²) in [7, 11) is 0. The fourth-order valence-corrected chi connectivity index (χ4v) is 2.35. The number of nitrogens with two attached hydrogens (primary N) is 1. The van der Waals surface area contributed by atoms with Gasteiger partial charge in [-0.25, -0.2) is 0 Å². The number of esters is 1. The fourth-order valence-electron chi connectivity index (χ4n) is 2.35. The van der Waals surface area contributed by atoms with Crippen molar-refractivity contribution in [2.24, 2.45) is 5.73 Å². The molecule has 0 radical (unpaired) electrons. The first kappa shape index (κ1) is 20.4. The number of carbonyl (C=O) groups is 1. The van der Waals surface area contributed by atoms with Crippen molar-refractivity contribution in [3.63, 3.8) is 0 Å². The summed E-state index contributed by atoms with van der Waals surface area (Å²) in [5, 5.41) is 0. The molecule has 0 spiro atoms. The first-order valence-electron chi connectivity index (χ1n) is 8.85. The molecule has 0 unspecified atom stereocenters. The van der Waals surface area contributed by atoms with Crippen LogP contribution in [0.15, 0.2) is 0 Å². The van der Waals surface area contributed by atoms with E-state index < -0.39 is 11.6 Å². The van der Waals surface area contributed by atoms with Crippen LogP contribution in [0.1, 0.15) is 98.3 Å². The lowest BCUT2D eigenvalue weighted by Gasteiger charge is -2.22. The van der Waals surface area contributed by atoms with E-state index in [9.17, 15) is 4.79 Å². The van der Waals surface area contributed by atoms with Crippen molar-refractivity contribution >= 4 is 5.97 Å². The van der Waals surface area contributed by atoms with Gasteiger partial charge in [-0.05, 0) is 27.2 Å². The highest BCUT2D eigenvalue weighted by Gasteiger charge is 2.21. The van der Waals surface area contributed by atoms with Crippen molar-refractivity contribution < 1.29 is 9.53 Å². The molecule has 2 N–H and O–H groups in total. The number of rotatable bonds is 12. The van der Waals surface area contributed by atoms with Crippen LogP contribution >= 0.6 is 0 Å². The Kier molecular flexibility index (Phi) is 11.7. The minimum atomic E-state index is -0.460. The average Bonchev–Trinajstić information content (AvgIpc) is 2.38. The standard InChI is InChI=1S/C18H37NO2/c1-5-6-7-8-9-10-11-12-13-14-15-16(19)17(20)21-18(2,3)4/h16H,5-15,19H2,1-4H3/t16-/m1/s1. The Hall–Kier alpha value is -0.570. The molecular weight excluding hydrogens is 262 g/mol. The molecule has 0 aliphatic heterocycles. The summed E-state index contributed by atoms with van der Waals surface area (Å²) < 4.78 is 5.28. The number of unbranched alkanes of at least 4 members (excludes halogenated alkanes) is 9. The first-order valence-corrected chi connectivity index (χ1v) is 8.85. The fraction of sp³-hybridized carbons (Fsp3) is 0.944. The van der Waals surface area contributed by atoms with Crippen LogP contribution in [-0.2, 0) is 9.53 Å². The highest BCUT2D eigenvalue weighted by atomic mass is 16.6. The molecular formula is C18H37NO2. The lowest BCUT2D eigenvalue weighted by molar-refractivity contribution is -0.156. The third-order valence-electron chi connectivity index (χ3n) is 3.58. The normalized spacial score (nSPS) is 13.2. The van der Waals surface area contributed by atoms with E-state index in [4.69, 9.17) is 10.5 Å². The van der Waals surface area contributed by atoms with Crippen LogP contribution in [0.5, 0.6) is 0 Å².